The van der Waals surface area contributed by atoms with Crippen LogP contribution in [0.15, 0.2) is 6.33 Å². The Hall–Kier alpha value is -0.950. The van der Waals surface area contributed by atoms with Crippen LogP contribution in [0.3, 0.4) is 0 Å². The van der Waals surface area contributed by atoms with Gasteiger partial charge < -0.3 is 5.73 Å². The van der Waals surface area contributed by atoms with Gasteiger partial charge in [-0.05, 0) is 0 Å². The summed E-state index contributed by atoms with van der Waals surface area (Å²) in [6, 6.07) is 0. The van der Waals surface area contributed by atoms with Gasteiger partial charge in [0, 0.05) is 13.6 Å². The smallest absolute Gasteiger partial charge is 0.158 e. The summed E-state index contributed by atoms with van der Waals surface area (Å²) in [5.74, 6) is 0.328. The fraction of sp³-hybridized carbons (Fsp3) is 0.667. The molecule has 0 amide bonds. The minimum Gasteiger partial charge on any atom is -0.329 e. The second-order valence-electron chi connectivity index (χ2n) is 2.68. The summed E-state index contributed by atoms with van der Waals surface area (Å²) in [7, 11) is -1.47. The topological polar surface area (TPSA) is 90.9 Å². The number of sulfone groups is 1. The molecular formula is C6H12N4O2S. The maximum absolute atomic E-state index is 11.3. The van der Waals surface area contributed by atoms with E-state index in [9.17, 15) is 8.42 Å². The van der Waals surface area contributed by atoms with Crippen LogP contribution in [-0.4, -0.2) is 35.5 Å². The van der Waals surface area contributed by atoms with Crippen LogP contribution in [0.5, 0.6) is 0 Å². The minimum absolute atomic E-state index is 0.0140. The van der Waals surface area contributed by atoms with E-state index < -0.39 is 9.84 Å². The Labute approximate surface area is 76.7 Å². The lowest BCUT2D eigenvalue weighted by atomic mass is 10.7. The molecule has 1 aromatic heterocycles. The Morgan fingerprint density at radius 2 is 2.31 bits per heavy atom. The van der Waals surface area contributed by atoms with Gasteiger partial charge in [0.25, 0.3) is 0 Å². The standard InChI is InChI=1S/C6H12N4O2S/c1-10-6(8-5-9-10)4-13(11,12)3-2-7/h5H,2-4,7H2,1H3. The lowest BCUT2D eigenvalue weighted by molar-refractivity contribution is 0.590. The van der Waals surface area contributed by atoms with E-state index >= 15 is 0 Å². The number of nitrogens with zero attached hydrogens (tertiary/aromatic N) is 3. The maximum atomic E-state index is 11.3. The number of rotatable bonds is 4. The van der Waals surface area contributed by atoms with Gasteiger partial charge in [-0.1, -0.05) is 0 Å². The zero-order valence-electron chi connectivity index (χ0n) is 7.34. The van der Waals surface area contributed by atoms with Crippen LogP contribution in [0.2, 0.25) is 0 Å². The summed E-state index contributed by atoms with van der Waals surface area (Å²) >= 11 is 0. The molecular weight excluding hydrogens is 192 g/mol. The Bertz CT molecular complexity index is 370. The predicted octanol–water partition coefficient (Wildman–Crippen LogP) is -1.31. The summed E-state index contributed by atoms with van der Waals surface area (Å²) < 4.78 is 24.0. The summed E-state index contributed by atoms with van der Waals surface area (Å²) in [6.45, 7) is 0.139. The predicted molar refractivity (Wildman–Crippen MR) is 47.5 cm³/mol. The molecule has 1 rings (SSSR count). The molecule has 0 aliphatic heterocycles. The van der Waals surface area contributed by atoms with Crippen LogP contribution in [0.4, 0.5) is 0 Å². The second-order valence-corrected chi connectivity index (χ2v) is 4.86. The van der Waals surface area contributed by atoms with E-state index in [1.54, 1.807) is 7.05 Å². The van der Waals surface area contributed by atoms with Gasteiger partial charge in [0.2, 0.25) is 0 Å². The molecule has 0 saturated heterocycles. The maximum Gasteiger partial charge on any atom is 0.158 e. The van der Waals surface area contributed by atoms with E-state index in [-0.39, 0.29) is 18.1 Å². The monoisotopic (exact) mass is 204 g/mol. The lowest BCUT2D eigenvalue weighted by Gasteiger charge is -2.01. The third-order valence-corrected chi connectivity index (χ3v) is 3.14. The molecule has 6 nitrogen and oxygen atoms in total. The van der Waals surface area contributed by atoms with Crippen molar-refractivity contribution in [2.75, 3.05) is 12.3 Å². The van der Waals surface area contributed by atoms with Crippen LogP contribution >= 0.6 is 0 Å². The van der Waals surface area contributed by atoms with Crippen molar-refractivity contribution in [1.29, 1.82) is 0 Å². The van der Waals surface area contributed by atoms with Gasteiger partial charge in [0.1, 0.15) is 17.9 Å². The number of hydrogen-bond donors (Lipinski definition) is 1. The highest BCUT2D eigenvalue weighted by molar-refractivity contribution is 7.90. The molecule has 0 spiro atoms. The van der Waals surface area contributed by atoms with Crippen molar-refractivity contribution >= 4 is 9.84 Å². The van der Waals surface area contributed by atoms with Crippen LogP contribution in [0.25, 0.3) is 0 Å². The summed E-state index contributed by atoms with van der Waals surface area (Å²) in [5, 5.41) is 3.77. The molecule has 0 bridgehead atoms. The van der Waals surface area contributed by atoms with E-state index in [1.807, 2.05) is 0 Å². The van der Waals surface area contributed by atoms with Gasteiger partial charge in [-0.25, -0.2) is 13.4 Å². The number of nitrogens with two attached hydrogens (primary N) is 1. The molecule has 13 heavy (non-hydrogen) atoms. The van der Waals surface area contributed by atoms with Gasteiger partial charge >= 0.3 is 0 Å². The first-order valence-corrected chi connectivity index (χ1v) is 5.60. The van der Waals surface area contributed by atoms with Crippen molar-refractivity contribution in [2.24, 2.45) is 12.8 Å². The SMILES string of the molecule is Cn1ncnc1CS(=O)(=O)CCN. The highest BCUT2D eigenvalue weighted by Crippen LogP contribution is 2.00. The summed E-state index contributed by atoms with van der Waals surface area (Å²) in [6.07, 6.45) is 1.33. The number of aryl methyl sites for hydroxylation is 1. The quantitative estimate of drug-likeness (QED) is 0.657. The van der Waals surface area contributed by atoms with Crippen molar-refractivity contribution in [3.63, 3.8) is 0 Å². The van der Waals surface area contributed by atoms with Crippen molar-refractivity contribution in [2.45, 2.75) is 5.75 Å². The van der Waals surface area contributed by atoms with Crippen molar-refractivity contribution in [3.05, 3.63) is 12.2 Å². The normalized spacial score (nSPS) is 11.8. The molecule has 2 N–H and O–H groups in total. The molecule has 0 unspecified atom stereocenters. The third-order valence-electron chi connectivity index (χ3n) is 1.58. The van der Waals surface area contributed by atoms with E-state index in [1.165, 1.54) is 11.0 Å². The van der Waals surface area contributed by atoms with E-state index in [0.29, 0.717) is 5.82 Å². The van der Waals surface area contributed by atoms with Gasteiger partial charge in [-0.2, -0.15) is 5.10 Å². The average molecular weight is 204 g/mol. The molecule has 0 aliphatic carbocycles. The van der Waals surface area contributed by atoms with E-state index in [0.717, 1.165) is 0 Å². The van der Waals surface area contributed by atoms with Crippen LogP contribution in [0, 0.1) is 0 Å². The zero-order chi connectivity index (χ0) is 9.90. The Morgan fingerprint density at radius 1 is 1.62 bits per heavy atom. The van der Waals surface area contributed by atoms with Crippen molar-refractivity contribution < 1.29 is 8.42 Å². The Morgan fingerprint density at radius 3 is 2.77 bits per heavy atom. The summed E-state index contributed by atoms with van der Waals surface area (Å²) in [5.41, 5.74) is 5.16. The number of hydrogen-bond acceptors (Lipinski definition) is 5. The largest absolute Gasteiger partial charge is 0.329 e. The lowest BCUT2D eigenvalue weighted by Crippen LogP contribution is -2.19. The van der Waals surface area contributed by atoms with Gasteiger partial charge in [-0.15, -0.1) is 0 Å². The number of aromatic nitrogens is 3. The Kier molecular flexibility index (Phi) is 2.99. The molecule has 7 heteroatoms. The first-order chi connectivity index (χ1) is 6.05. The summed E-state index contributed by atoms with van der Waals surface area (Å²) in [4.78, 5) is 3.82. The minimum atomic E-state index is -3.13. The average Bonchev–Trinajstić information content (AvgIpc) is 2.35. The van der Waals surface area contributed by atoms with Gasteiger partial charge in [0.05, 0.1) is 5.75 Å². The molecule has 74 valence electrons. The van der Waals surface area contributed by atoms with Crippen molar-refractivity contribution in [1.82, 2.24) is 14.8 Å². The highest BCUT2D eigenvalue weighted by atomic mass is 32.2. The zero-order valence-corrected chi connectivity index (χ0v) is 8.16. The first kappa shape index (κ1) is 10.1. The van der Waals surface area contributed by atoms with Gasteiger partial charge in [0.15, 0.2) is 9.84 Å². The van der Waals surface area contributed by atoms with Crippen LogP contribution in [-0.2, 0) is 22.6 Å². The molecule has 0 aliphatic rings. The van der Waals surface area contributed by atoms with Crippen LogP contribution < -0.4 is 5.73 Å². The Balaban J connectivity index is 2.75. The third kappa shape index (κ3) is 2.78. The molecule has 1 aromatic rings. The molecule has 0 fully saturated rings. The fourth-order valence-corrected chi connectivity index (χ4v) is 2.06. The molecule has 0 atom stereocenters. The second kappa shape index (κ2) is 3.84. The van der Waals surface area contributed by atoms with E-state index in [4.69, 9.17) is 5.73 Å². The molecule has 0 aromatic carbocycles. The highest BCUT2D eigenvalue weighted by Gasteiger charge is 2.13. The van der Waals surface area contributed by atoms with Gasteiger partial charge in [-0.3, -0.25) is 4.68 Å². The molecule has 1 heterocycles. The first-order valence-electron chi connectivity index (χ1n) is 3.78. The molecule has 0 radical (unpaired) electrons. The van der Waals surface area contributed by atoms with E-state index in [2.05, 4.69) is 10.1 Å². The van der Waals surface area contributed by atoms with Crippen molar-refractivity contribution in [3.8, 4) is 0 Å². The van der Waals surface area contributed by atoms with Crippen LogP contribution in [0.1, 0.15) is 5.82 Å². The fourth-order valence-electron chi connectivity index (χ4n) is 0.899. The molecule has 0 saturated carbocycles.